The van der Waals surface area contributed by atoms with Crippen molar-refractivity contribution in [2.45, 2.75) is 37.6 Å². The van der Waals surface area contributed by atoms with Gasteiger partial charge in [-0.05, 0) is 55.7 Å². The molecule has 2 aromatic carbocycles. The Bertz CT molecular complexity index is 851. The molecular weight excluding hydrogens is 355 g/mol. The van der Waals surface area contributed by atoms with E-state index in [0.717, 1.165) is 0 Å². The highest BCUT2D eigenvalue weighted by Crippen LogP contribution is 2.12. The number of amides is 1. The first kappa shape index (κ1) is 20.1. The number of sulfonamides is 1. The molecule has 0 aliphatic rings. The molecule has 0 aliphatic heterocycles. The lowest BCUT2D eigenvalue weighted by atomic mass is 10.1. The van der Waals surface area contributed by atoms with E-state index in [2.05, 4.69) is 10.0 Å². The molecule has 5 nitrogen and oxygen atoms in total. The summed E-state index contributed by atoms with van der Waals surface area (Å²) in [5.41, 5.74) is 0.881. The summed E-state index contributed by atoms with van der Waals surface area (Å²) in [7, 11) is -3.60. The molecule has 2 N–H and O–H groups in total. The molecule has 0 radical (unpaired) electrons. The summed E-state index contributed by atoms with van der Waals surface area (Å²) in [6.45, 7) is 3.96. The number of carbonyl (C=O) groups is 1. The van der Waals surface area contributed by atoms with E-state index < -0.39 is 10.0 Å². The summed E-state index contributed by atoms with van der Waals surface area (Å²) in [6.07, 6.45) is 1.06. The Labute approximate surface area is 153 Å². The summed E-state index contributed by atoms with van der Waals surface area (Å²) in [6, 6.07) is 12.0. The average Bonchev–Trinajstić information content (AvgIpc) is 2.63. The van der Waals surface area contributed by atoms with Crippen LogP contribution in [-0.2, 0) is 16.4 Å². The zero-order valence-corrected chi connectivity index (χ0v) is 15.6. The molecule has 2 rings (SSSR count). The van der Waals surface area contributed by atoms with Crippen molar-refractivity contribution in [3.63, 3.8) is 0 Å². The van der Waals surface area contributed by atoms with Gasteiger partial charge in [-0.2, -0.15) is 0 Å². The summed E-state index contributed by atoms with van der Waals surface area (Å²) in [4.78, 5) is 12.2. The van der Waals surface area contributed by atoms with Crippen molar-refractivity contribution < 1.29 is 17.6 Å². The molecule has 0 bridgehead atoms. The van der Waals surface area contributed by atoms with Crippen LogP contribution >= 0.6 is 0 Å². The zero-order chi connectivity index (χ0) is 19.2. The molecule has 140 valence electrons. The lowest BCUT2D eigenvalue weighted by molar-refractivity contribution is 0.0954. The van der Waals surface area contributed by atoms with Crippen molar-refractivity contribution in [1.29, 1.82) is 0 Å². The summed E-state index contributed by atoms with van der Waals surface area (Å²) >= 11 is 0. The maximum atomic E-state index is 13.5. The molecule has 1 atom stereocenters. The highest BCUT2D eigenvalue weighted by atomic mass is 32.2. The van der Waals surface area contributed by atoms with Crippen LogP contribution in [0.25, 0.3) is 0 Å². The molecule has 1 amide bonds. The number of hydrogen-bond acceptors (Lipinski definition) is 3. The average molecular weight is 378 g/mol. The Balaban J connectivity index is 1.95. The third kappa shape index (κ3) is 5.37. The molecule has 0 spiro atoms. The van der Waals surface area contributed by atoms with E-state index in [1.54, 1.807) is 25.1 Å². The van der Waals surface area contributed by atoms with Crippen LogP contribution in [0.3, 0.4) is 0 Å². The van der Waals surface area contributed by atoms with Gasteiger partial charge in [0.15, 0.2) is 0 Å². The van der Waals surface area contributed by atoms with Crippen molar-refractivity contribution in [3.05, 3.63) is 65.5 Å². The molecule has 0 heterocycles. The maximum absolute atomic E-state index is 13.5. The van der Waals surface area contributed by atoms with Gasteiger partial charge in [0.05, 0.1) is 4.90 Å². The molecule has 0 aromatic heterocycles. The van der Waals surface area contributed by atoms with Gasteiger partial charge in [0.2, 0.25) is 10.0 Å². The van der Waals surface area contributed by atoms with Gasteiger partial charge in [0.1, 0.15) is 5.82 Å². The van der Waals surface area contributed by atoms with Crippen LogP contribution in [-0.4, -0.2) is 26.9 Å². The summed E-state index contributed by atoms with van der Waals surface area (Å²) in [5, 5.41) is 2.70. The van der Waals surface area contributed by atoms with E-state index in [4.69, 9.17) is 0 Å². The SMILES string of the molecule is CCC(C)NS(=O)(=O)c1ccc(C(=O)NCCc2ccccc2F)cc1. The smallest absolute Gasteiger partial charge is 0.251 e. The number of nitrogens with one attached hydrogen (secondary N) is 2. The lowest BCUT2D eigenvalue weighted by Crippen LogP contribution is -2.32. The van der Waals surface area contributed by atoms with Crippen molar-refractivity contribution in [1.82, 2.24) is 10.0 Å². The first-order valence-electron chi connectivity index (χ1n) is 8.47. The second-order valence-corrected chi connectivity index (χ2v) is 7.77. The quantitative estimate of drug-likeness (QED) is 0.742. The first-order valence-corrected chi connectivity index (χ1v) is 9.96. The van der Waals surface area contributed by atoms with E-state index in [1.807, 2.05) is 6.92 Å². The largest absolute Gasteiger partial charge is 0.352 e. The Morgan fingerprint density at radius 2 is 1.77 bits per heavy atom. The lowest BCUT2D eigenvalue weighted by Gasteiger charge is -2.12. The molecular formula is C19H23FN2O3S. The van der Waals surface area contributed by atoms with Crippen LogP contribution in [0.2, 0.25) is 0 Å². The molecule has 26 heavy (non-hydrogen) atoms. The van der Waals surface area contributed by atoms with Gasteiger partial charge in [-0.3, -0.25) is 4.79 Å². The molecule has 0 saturated heterocycles. The highest BCUT2D eigenvalue weighted by Gasteiger charge is 2.17. The second kappa shape index (κ2) is 8.91. The molecule has 2 aromatic rings. The van der Waals surface area contributed by atoms with Gasteiger partial charge in [-0.1, -0.05) is 25.1 Å². The number of carbonyl (C=O) groups excluding carboxylic acids is 1. The molecule has 0 fully saturated rings. The van der Waals surface area contributed by atoms with Crippen LogP contribution in [0.15, 0.2) is 53.4 Å². The van der Waals surface area contributed by atoms with E-state index in [9.17, 15) is 17.6 Å². The maximum Gasteiger partial charge on any atom is 0.251 e. The number of rotatable bonds is 8. The standard InChI is InChI=1S/C19H23FN2O3S/c1-3-14(2)22-26(24,25)17-10-8-16(9-11-17)19(23)21-13-12-15-6-4-5-7-18(15)20/h4-11,14,22H,3,12-13H2,1-2H3,(H,21,23). The third-order valence-corrected chi connectivity index (χ3v) is 5.64. The van der Waals surface area contributed by atoms with E-state index in [0.29, 0.717) is 24.0 Å². The normalized spacial score (nSPS) is 12.6. The fraction of sp³-hybridized carbons (Fsp3) is 0.316. The van der Waals surface area contributed by atoms with Gasteiger partial charge in [-0.15, -0.1) is 0 Å². The fourth-order valence-corrected chi connectivity index (χ4v) is 3.64. The minimum atomic E-state index is -3.60. The summed E-state index contributed by atoms with van der Waals surface area (Å²) < 4.78 is 40.5. The monoisotopic (exact) mass is 378 g/mol. The number of halogens is 1. The molecule has 1 unspecified atom stereocenters. The van der Waals surface area contributed by atoms with Crippen molar-refractivity contribution in [2.24, 2.45) is 0 Å². The van der Waals surface area contributed by atoms with Gasteiger partial charge in [0, 0.05) is 18.2 Å². The van der Waals surface area contributed by atoms with E-state index in [1.165, 1.54) is 30.3 Å². The van der Waals surface area contributed by atoms with Gasteiger partial charge in [0.25, 0.3) is 5.91 Å². The zero-order valence-electron chi connectivity index (χ0n) is 14.8. The Morgan fingerprint density at radius 1 is 1.12 bits per heavy atom. The fourth-order valence-electron chi connectivity index (χ4n) is 2.32. The van der Waals surface area contributed by atoms with E-state index >= 15 is 0 Å². The summed E-state index contributed by atoms with van der Waals surface area (Å²) in [5.74, 6) is -0.634. The highest BCUT2D eigenvalue weighted by molar-refractivity contribution is 7.89. The van der Waals surface area contributed by atoms with Crippen LogP contribution < -0.4 is 10.0 Å². The second-order valence-electron chi connectivity index (χ2n) is 6.05. The number of benzene rings is 2. The minimum Gasteiger partial charge on any atom is -0.352 e. The van der Waals surface area contributed by atoms with Gasteiger partial charge >= 0.3 is 0 Å². The van der Waals surface area contributed by atoms with Crippen LogP contribution in [0.4, 0.5) is 4.39 Å². The Hall–Kier alpha value is -2.25. The topological polar surface area (TPSA) is 75.3 Å². The van der Waals surface area contributed by atoms with Crippen molar-refractivity contribution >= 4 is 15.9 Å². The van der Waals surface area contributed by atoms with Crippen molar-refractivity contribution in [3.8, 4) is 0 Å². The van der Waals surface area contributed by atoms with Gasteiger partial charge in [-0.25, -0.2) is 17.5 Å². The van der Waals surface area contributed by atoms with Crippen molar-refractivity contribution in [2.75, 3.05) is 6.54 Å². The predicted molar refractivity (Wildman–Crippen MR) is 99.0 cm³/mol. The number of hydrogen-bond donors (Lipinski definition) is 2. The predicted octanol–water partition coefficient (Wildman–Crippen LogP) is 2.88. The van der Waals surface area contributed by atoms with Gasteiger partial charge < -0.3 is 5.32 Å². The molecule has 0 aliphatic carbocycles. The van der Waals surface area contributed by atoms with Crippen LogP contribution in [0, 0.1) is 5.82 Å². The Morgan fingerprint density at radius 3 is 2.38 bits per heavy atom. The first-order chi connectivity index (χ1) is 12.3. The third-order valence-electron chi connectivity index (χ3n) is 4.03. The molecule has 0 saturated carbocycles. The Kier molecular flexibility index (Phi) is 6.88. The van der Waals surface area contributed by atoms with Crippen LogP contribution in [0.5, 0.6) is 0 Å². The molecule has 7 heteroatoms. The minimum absolute atomic E-state index is 0.112. The van der Waals surface area contributed by atoms with E-state index in [-0.39, 0.29) is 29.2 Å². The van der Waals surface area contributed by atoms with Crippen LogP contribution in [0.1, 0.15) is 36.2 Å².